The summed E-state index contributed by atoms with van der Waals surface area (Å²) in [7, 11) is 0. The maximum absolute atomic E-state index is 4.82. The smallest absolute Gasteiger partial charge is 0.193 e. The van der Waals surface area contributed by atoms with Crippen LogP contribution in [0.25, 0.3) is 0 Å². The second-order valence-corrected chi connectivity index (χ2v) is 6.80. The van der Waals surface area contributed by atoms with Gasteiger partial charge in [0.05, 0.1) is 0 Å². The minimum Gasteiger partial charge on any atom is -0.357 e. The summed E-state index contributed by atoms with van der Waals surface area (Å²) in [5, 5.41) is 3.48. The Morgan fingerprint density at radius 2 is 2.00 bits per heavy atom. The van der Waals surface area contributed by atoms with Crippen LogP contribution < -0.4 is 5.32 Å². The highest BCUT2D eigenvalue weighted by molar-refractivity contribution is 5.80. The lowest BCUT2D eigenvalue weighted by Gasteiger charge is -2.26. The third-order valence-corrected chi connectivity index (χ3v) is 4.70. The van der Waals surface area contributed by atoms with E-state index in [1.165, 1.54) is 51.6 Å². The van der Waals surface area contributed by atoms with E-state index in [1.807, 2.05) is 0 Å². The van der Waals surface area contributed by atoms with Gasteiger partial charge in [-0.3, -0.25) is 4.99 Å². The predicted molar refractivity (Wildman–Crippen MR) is 82.5 cm³/mol. The molecule has 19 heavy (non-hydrogen) atoms. The Bertz CT molecular complexity index is 303. The molecule has 1 saturated heterocycles. The topological polar surface area (TPSA) is 27.6 Å². The first kappa shape index (κ1) is 14.7. The molecule has 2 fully saturated rings. The SMILES string of the molecule is CCNC(=NCCC(C)C)N1CCC2(CCCC2)C1. The largest absolute Gasteiger partial charge is 0.357 e. The van der Waals surface area contributed by atoms with Gasteiger partial charge in [-0.15, -0.1) is 0 Å². The molecular formula is C16H31N3. The van der Waals surface area contributed by atoms with Crippen LogP contribution in [0.1, 0.15) is 59.3 Å². The van der Waals surface area contributed by atoms with Crippen molar-refractivity contribution in [1.82, 2.24) is 10.2 Å². The first-order valence-corrected chi connectivity index (χ1v) is 8.18. The summed E-state index contributed by atoms with van der Waals surface area (Å²) in [5.74, 6) is 1.90. The molecule has 0 aromatic carbocycles. The molecule has 1 spiro atoms. The standard InChI is InChI=1S/C16H31N3/c1-4-17-15(18-11-7-14(2)3)19-12-10-16(13-19)8-5-6-9-16/h14H,4-13H2,1-3H3,(H,17,18). The highest BCUT2D eigenvalue weighted by Crippen LogP contribution is 2.45. The van der Waals surface area contributed by atoms with Crippen molar-refractivity contribution in [2.24, 2.45) is 16.3 Å². The fourth-order valence-corrected chi connectivity index (χ4v) is 3.50. The molecule has 3 heteroatoms. The summed E-state index contributed by atoms with van der Waals surface area (Å²) in [6, 6.07) is 0. The third kappa shape index (κ3) is 3.87. The molecule has 0 atom stereocenters. The second-order valence-electron chi connectivity index (χ2n) is 6.80. The van der Waals surface area contributed by atoms with E-state index in [0.717, 1.165) is 25.0 Å². The van der Waals surface area contributed by atoms with E-state index in [2.05, 4.69) is 31.0 Å². The van der Waals surface area contributed by atoms with E-state index < -0.39 is 0 Å². The average molecular weight is 265 g/mol. The minimum absolute atomic E-state index is 0.633. The molecule has 0 bridgehead atoms. The van der Waals surface area contributed by atoms with Crippen LogP contribution in [0.2, 0.25) is 0 Å². The molecule has 2 aliphatic rings. The van der Waals surface area contributed by atoms with E-state index in [4.69, 9.17) is 4.99 Å². The Morgan fingerprint density at radius 3 is 2.63 bits per heavy atom. The lowest BCUT2D eigenvalue weighted by Crippen LogP contribution is -2.41. The fraction of sp³-hybridized carbons (Fsp3) is 0.938. The normalized spacial score (nSPS) is 22.7. The van der Waals surface area contributed by atoms with Crippen LogP contribution in [-0.4, -0.2) is 37.0 Å². The molecule has 3 nitrogen and oxygen atoms in total. The molecule has 0 radical (unpaired) electrons. The van der Waals surface area contributed by atoms with Gasteiger partial charge >= 0.3 is 0 Å². The lowest BCUT2D eigenvalue weighted by atomic mass is 9.86. The van der Waals surface area contributed by atoms with Crippen molar-refractivity contribution >= 4 is 5.96 Å². The molecule has 2 rings (SSSR count). The maximum Gasteiger partial charge on any atom is 0.193 e. The van der Waals surface area contributed by atoms with Crippen molar-refractivity contribution in [3.8, 4) is 0 Å². The van der Waals surface area contributed by atoms with Gasteiger partial charge in [0.25, 0.3) is 0 Å². The Morgan fingerprint density at radius 1 is 1.26 bits per heavy atom. The van der Waals surface area contributed by atoms with Gasteiger partial charge in [0.15, 0.2) is 5.96 Å². The van der Waals surface area contributed by atoms with Gasteiger partial charge in [-0.05, 0) is 43.9 Å². The monoisotopic (exact) mass is 265 g/mol. The molecule has 1 heterocycles. The van der Waals surface area contributed by atoms with Crippen LogP contribution in [0.15, 0.2) is 4.99 Å². The minimum atomic E-state index is 0.633. The number of nitrogens with zero attached hydrogens (tertiary/aromatic N) is 2. The van der Waals surface area contributed by atoms with Gasteiger partial charge < -0.3 is 10.2 Å². The van der Waals surface area contributed by atoms with Gasteiger partial charge in [-0.1, -0.05) is 26.7 Å². The first-order valence-electron chi connectivity index (χ1n) is 8.18. The zero-order valence-corrected chi connectivity index (χ0v) is 13.0. The first-order chi connectivity index (χ1) is 9.15. The molecule has 1 N–H and O–H groups in total. The summed E-state index contributed by atoms with van der Waals surface area (Å²) in [4.78, 5) is 7.33. The zero-order valence-electron chi connectivity index (χ0n) is 13.0. The second kappa shape index (κ2) is 6.62. The summed E-state index contributed by atoms with van der Waals surface area (Å²) in [6.07, 6.45) is 8.32. The highest BCUT2D eigenvalue weighted by Gasteiger charge is 2.40. The van der Waals surface area contributed by atoms with Gasteiger partial charge in [-0.2, -0.15) is 0 Å². The van der Waals surface area contributed by atoms with Gasteiger partial charge in [-0.25, -0.2) is 0 Å². The van der Waals surface area contributed by atoms with Crippen LogP contribution in [0.4, 0.5) is 0 Å². The summed E-state index contributed by atoms with van der Waals surface area (Å²) in [6.45, 7) is 11.1. The molecule has 0 amide bonds. The Labute approximate surface area is 118 Å². The van der Waals surface area contributed by atoms with Crippen molar-refractivity contribution in [2.45, 2.75) is 59.3 Å². The van der Waals surface area contributed by atoms with E-state index in [-0.39, 0.29) is 0 Å². The molecule has 1 saturated carbocycles. The van der Waals surface area contributed by atoms with E-state index in [1.54, 1.807) is 0 Å². The summed E-state index contributed by atoms with van der Waals surface area (Å²) < 4.78 is 0. The number of guanidine groups is 1. The van der Waals surface area contributed by atoms with Crippen molar-refractivity contribution in [1.29, 1.82) is 0 Å². The molecule has 110 valence electrons. The van der Waals surface area contributed by atoms with Gasteiger partial charge in [0.1, 0.15) is 0 Å². The van der Waals surface area contributed by atoms with E-state index in [0.29, 0.717) is 5.41 Å². The third-order valence-electron chi connectivity index (χ3n) is 4.70. The van der Waals surface area contributed by atoms with Crippen LogP contribution >= 0.6 is 0 Å². The number of nitrogens with one attached hydrogen (secondary N) is 1. The fourth-order valence-electron chi connectivity index (χ4n) is 3.50. The molecule has 1 aliphatic carbocycles. The zero-order chi connectivity index (χ0) is 13.7. The van der Waals surface area contributed by atoms with Crippen LogP contribution in [0.5, 0.6) is 0 Å². The van der Waals surface area contributed by atoms with Crippen molar-refractivity contribution in [2.75, 3.05) is 26.2 Å². The Balaban J connectivity index is 1.92. The van der Waals surface area contributed by atoms with E-state index in [9.17, 15) is 0 Å². The van der Waals surface area contributed by atoms with Crippen LogP contribution in [0, 0.1) is 11.3 Å². The van der Waals surface area contributed by atoms with Crippen molar-refractivity contribution in [3.63, 3.8) is 0 Å². The Hall–Kier alpha value is -0.730. The summed E-state index contributed by atoms with van der Waals surface area (Å²) in [5.41, 5.74) is 0.633. The lowest BCUT2D eigenvalue weighted by molar-refractivity contribution is 0.309. The quantitative estimate of drug-likeness (QED) is 0.624. The highest BCUT2D eigenvalue weighted by atomic mass is 15.3. The Kier molecular flexibility index (Phi) is 5.12. The van der Waals surface area contributed by atoms with Crippen molar-refractivity contribution in [3.05, 3.63) is 0 Å². The van der Waals surface area contributed by atoms with E-state index >= 15 is 0 Å². The predicted octanol–water partition coefficient (Wildman–Crippen LogP) is 3.26. The number of aliphatic imine (C=N–C) groups is 1. The number of hydrogen-bond acceptors (Lipinski definition) is 1. The molecular weight excluding hydrogens is 234 g/mol. The maximum atomic E-state index is 4.82. The molecule has 1 aliphatic heterocycles. The summed E-state index contributed by atoms with van der Waals surface area (Å²) >= 11 is 0. The van der Waals surface area contributed by atoms with Crippen LogP contribution in [-0.2, 0) is 0 Å². The van der Waals surface area contributed by atoms with Crippen LogP contribution in [0.3, 0.4) is 0 Å². The molecule has 0 aromatic heterocycles. The van der Waals surface area contributed by atoms with Gasteiger partial charge in [0.2, 0.25) is 0 Å². The average Bonchev–Trinajstić information content (AvgIpc) is 2.99. The number of likely N-dealkylation sites (tertiary alicyclic amines) is 1. The molecule has 0 unspecified atom stereocenters. The molecule has 0 aromatic rings. The number of rotatable bonds is 4. The van der Waals surface area contributed by atoms with Gasteiger partial charge in [0, 0.05) is 26.2 Å². The number of hydrogen-bond donors (Lipinski definition) is 1. The van der Waals surface area contributed by atoms with Crippen molar-refractivity contribution < 1.29 is 0 Å².